The Morgan fingerprint density at radius 3 is 2.64 bits per heavy atom. The van der Waals surface area contributed by atoms with Crippen LogP contribution in [0.15, 0.2) is 24.3 Å². The maximum absolute atomic E-state index is 13.4. The van der Waals surface area contributed by atoms with Crippen LogP contribution < -0.4 is 0 Å². The van der Waals surface area contributed by atoms with E-state index in [0.717, 1.165) is 0 Å². The first-order valence-corrected chi connectivity index (χ1v) is 7.68. The van der Waals surface area contributed by atoms with Crippen LogP contribution in [0.25, 0.3) is 0 Å². The van der Waals surface area contributed by atoms with Gasteiger partial charge in [-0.05, 0) is 39.8 Å². The zero-order valence-electron chi connectivity index (χ0n) is 13.3. The van der Waals surface area contributed by atoms with E-state index in [0.29, 0.717) is 0 Å². The van der Waals surface area contributed by atoms with Crippen molar-refractivity contribution in [3.63, 3.8) is 0 Å². The Bertz CT molecular complexity index is 666. The first-order chi connectivity index (χ1) is 10.2. The van der Waals surface area contributed by atoms with E-state index in [4.69, 9.17) is 14.2 Å². The monoisotopic (exact) mass is 304 g/mol. The Morgan fingerprint density at radius 2 is 1.95 bits per heavy atom. The molecular formula is C17H20O5. The Morgan fingerprint density at radius 1 is 1.23 bits per heavy atom. The molecule has 4 rings (SSSR count). The largest absolute Gasteiger partial charge is 0.464 e. The summed E-state index contributed by atoms with van der Waals surface area (Å²) in [6, 6.07) is 0. The lowest BCUT2D eigenvalue weighted by atomic mass is 9.50. The minimum atomic E-state index is -1.40. The molecule has 2 fully saturated rings. The van der Waals surface area contributed by atoms with Gasteiger partial charge in [-0.3, -0.25) is 4.79 Å². The second-order valence-electron chi connectivity index (χ2n) is 7.17. The normalized spacial score (nSPS) is 53.9. The van der Waals surface area contributed by atoms with Crippen LogP contribution in [-0.2, 0) is 23.8 Å². The van der Waals surface area contributed by atoms with Crippen LogP contribution in [0.5, 0.6) is 0 Å². The zero-order valence-corrected chi connectivity index (χ0v) is 13.3. The Balaban J connectivity index is 2.00. The van der Waals surface area contributed by atoms with E-state index in [1.165, 1.54) is 0 Å². The highest BCUT2D eigenvalue weighted by Crippen LogP contribution is 2.68. The minimum Gasteiger partial charge on any atom is -0.464 e. The maximum atomic E-state index is 13.4. The van der Waals surface area contributed by atoms with Crippen molar-refractivity contribution < 1.29 is 23.8 Å². The number of hydrogen-bond acceptors (Lipinski definition) is 5. The zero-order chi connectivity index (χ0) is 16.0. The number of carbonyl (C=O) groups excluding carboxylic acids is 2. The third-order valence-corrected chi connectivity index (χ3v) is 6.37. The van der Waals surface area contributed by atoms with Gasteiger partial charge >= 0.3 is 5.97 Å². The lowest BCUT2D eigenvalue weighted by molar-refractivity contribution is -0.229. The molecule has 0 radical (unpaired) electrons. The summed E-state index contributed by atoms with van der Waals surface area (Å²) in [7, 11) is 0. The van der Waals surface area contributed by atoms with Gasteiger partial charge in [0.05, 0.1) is 29.6 Å². The molecule has 118 valence electrons. The fraction of sp³-hybridized carbons (Fsp3) is 0.647. The highest BCUT2D eigenvalue weighted by molar-refractivity contribution is 6.05. The SMILES string of the molecule is CCOC(=O)C12C=CC3(COC4(C)C=CC1(C)C(=O)C43C)O2. The van der Waals surface area contributed by atoms with E-state index >= 15 is 0 Å². The van der Waals surface area contributed by atoms with E-state index < -0.39 is 33.6 Å². The maximum Gasteiger partial charge on any atom is 0.343 e. The minimum absolute atomic E-state index is 0.0215. The van der Waals surface area contributed by atoms with Gasteiger partial charge in [0.15, 0.2) is 11.4 Å². The van der Waals surface area contributed by atoms with Gasteiger partial charge < -0.3 is 14.2 Å². The highest BCUT2D eigenvalue weighted by Gasteiger charge is 2.82. The summed E-state index contributed by atoms with van der Waals surface area (Å²) in [5, 5.41) is 0. The lowest BCUT2D eigenvalue weighted by Gasteiger charge is -2.58. The number of Topliss-reactive ketones (excluding diaryl/α,β-unsaturated/α-hetero) is 1. The number of carbonyl (C=O) groups is 2. The molecule has 0 aromatic rings. The molecule has 5 atom stereocenters. The smallest absolute Gasteiger partial charge is 0.343 e. The van der Waals surface area contributed by atoms with Gasteiger partial charge in [0.1, 0.15) is 5.60 Å². The molecule has 2 saturated heterocycles. The average molecular weight is 304 g/mol. The van der Waals surface area contributed by atoms with Gasteiger partial charge in [0, 0.05) is 0 Å². The van der Waals surface area contributed by atoms with Crippen molar-refractivity contribution >= 4 is 11.8 Å². The number of ether oxygens (including phenoxy) is 3. The number of fused-ring (bicyclic) bond motifs is 3. The van der Waals surface area contributed by atoms with Crippen LogP contribution in [0.3, 0.4) is 0 Å². The standard InChI is InChI=1S/C17H20O5/c1-5-20-12(19)17-9-8-16(22-17)10-21-14(3)7-6-13(17,2)11(18)15(14,16)4/h6-9H,5,10H2,1-4H3. The Hall–Kier alpha value is -1.46. The van der Waals surface area contributed by atoms with Gasteiger partial charge in [-0.1, -0.05) is 12.2 Å². The Labute approximate surface area is 129 Å². The van der Waals surface area contributed by atoms with Gasteiger partial charge in [-0.15, -0.1) is 0 Å². The molecule has 4 bridgehead atoms. The van der Waals surface area contributed by atoms with Crippen molar-refractivity contribution in [3.8, 4) is 0 Å². The Kier molecular flexibility index (Phi) is 2.28. The molecule has 0 aromatic heterocycles. The third-order valence-electron chi connectivity index (χ3n) is 6.37. The second kappa shape index (κ2) is 3.54. The summed E-state index contributed by atoms with van der Waals surface area (Å²) < 4.78 is 17.5. The molecular weight excluding hydrogens is 284 g/mol. The average Bonchev–Trinajstić information content (AvgIpc) is 2.99. The van der Waals surface area contributed by atoms with Crippen LogP contribution in [-0.4, -0.2) is 41.8 Å². The van der Waals surface area contributed by atoms with Gasteiger partial charge in [0.2, 0.25) is 0 Å². The summed E-state index contributed by atoms with van der Waals surface area (Å²) in [6.45, 7) is 7.78. The predicted octanol–water partition coefficient (Wildman–Crippen LogP) is 1.57. The molecule has 1 aliphatic carbocycles. The molecule has 4 aliphatic rings. The van der Waals surface area contributed by atoms with Crippen molar-refractivity contribution in [3.05, 3.63) is 24.3 Å². The second-order valence-corrected chi connectivity index (χ2v) is 7.17. The van der Waals surface area contributed by atoms with Crippen molar-refractivity contribution in [2.45, 2.75) is 44.5 Å². The highest BCUT2D eigenvalue weighted by atomic mass is 16.6. The predicted molar refractivity (Wildman–Crippen MR) is 77.0 cm³/mol. The molecule has 3 heterocycles. The number of rotatable bonds is 2. The van der Waals surface area contributed by atoms with Gasteiger partial charge in [-0.2, -0.15) is 0 Å². The van der Waals surface area contributed by atoms with E-state index in [9.17, 15) is 9.59 Å². The summed E-state index contributed by atoms with van der Waals surface area (Å²) in [4.78, 5) is 26.1. The molecule has 5 unspecified atom stereocenters. The summed E-state index contributed by atoms with van der Waals surface area (Å²) in [6.07, 6.45) is 7.22. The quantitative estimate of drug-likeness (QED) is 0.572. The van der Waals surface area contributed by atoms with Crippen LogP contribution in [0, 0.1) is 10.8 Å². The van der Waals surface area contributed by atoms with Crippen molar-refractivity contribution in [2.24, 2.45) is 10.8 Å². The van der Waals surface area contributed by atoms with E-state index in [1.54, 1.807) is 26.0 Å². The molecule has 0 amide bonds. The summed E-state index contributed by atoms with van der Waals surface area (Å²) in [5.41, 5.74) is -4.97. The first kappa shape index (κ1) is 14.2. The molecule has 5 heteroatoms. The van der Waals surface area contributed by atoms with Crippen LogP contribution in [0.1, 0.15) is 27.7 Å². The number of esters is 1. The van der Waals surface area contributed by atoms with Crippen molar-refractivity contribution in [2.75, 3.05) is 13.2 Å². The number of ketones is 1. The molecule has 1 spiro atoms. The molecule has 0 N–H and O–H groups in total. The summed E-state index contributed by atoms with van der Waals surface area (Å²) in [5.74, 6) is -0.534. The van der Waals surface area contributed by atoms with Gasteiger partial charge in [-0.25, -0.2) is 4.79 Å². The molecule has 22 heavy (non-hydrogen) atoms. The van der Waals surface area contributed by atoms with E-state index in [-0.39, 0.29) is 19.0 Å². The van der Waals surface area contributed by atoms with Crippen LogP contribution in [0.2, 0.25) is 0 Å². The third kappa shape index (κ3) is 1.05. The van der Waals surface area contributed by atoms with Crippen LogP contribution >= 0.6 is 0 Å². The fourth-order valence-corrected chi connectivity index (χ4v) is 4.60. The van der Waals surface area contributed by atoms with Crippen molar-refractivity contribution in [1.82, 2.24) is 0 Å². The number of hydrogen-bond donors (Lipinski definition) is 0. The molecule has 0 saturated carbocycles. The molecule has 0 aromatic carbocycles. The lowest BCUT2D eigenvalue weighted by Crippen LogP contribution is -2.73. The van der Waals surface area contributed by atoms with E-state index in [1.807, 2.05) is 26.0 Å². The van der Waals surface area contributed by atoms with Gasteiger partial charge in [0.25, 0.3) is 0 Å². The van der Waals surface area contributed by atoms with Crippen LogP contribution in [0.4, 0.5) is 0 Å². The fourth-order valence-electron chi connectivity index (χ4n) is 4.60. The van der Waals surface area contributed by atoms with E-state index in [2.05, 4.69) is 0 Å². The summed E-state index contributed by atoms with van der Waals surface area (Å²) >= 11 is 0. The first-order valence-electron chi connectivity index (χ1n) is 7.68. The topological polar surface area (TPSA) is 61.8 Å². The van der Waals surface area contributed by atoms with Crippen molar-refractivity contribution in [1.29, 1.82) is 0 Å². The molecule has 3 aliphatic heterocycles. The molecule has 5 nitrogen and oxygen atoms in total.